The molecule has 2 aromatic carbocycles. The van der Waals surface area contributed by atoms with Crippen LogP contribution in [0.3, 0.4) is 0 Å². The number of nitriles is 1. The number of halogens is 1. The Morgan fingerprint density at radius 1 is 1.23 bits per heavy atom. The van der Waals surface area contributed by atoms with E-state index in [1.165, 1.54) is 12.1 Å². The second-order valence-electron chi connectivity index (χ2n) is 8.64. The van der Waals surface area contributed by atoms with Gasteiger partial charge in [-0.05, 0) is 69.0 Å². The van der Waals surface area contributed by atoms with E-state index in [1.54, 1.807) is 62.1 Å². The van der Waals surface area contributed by atoms with Crippen LogP contribution in [0.1, 0.15) is 56.2 Å². The molecule has 3 rings (SSSR count). The van der Waals surface area contributed by atoms with Crippen molar-refractivity contribution in [3.63, 3.8) is 0 Å². The lowest BCUT2D eigenvalue weighted by Crippen LogP contribution is -2.47. The van der Waals surface area contributed by atoms with Crippen LogP contribution in [-0.4, -0.2) is 40.4 Å². The van der Waals surface area contributed by atoms with E-state index >= 15 is 0 Å². The highest BCUT2D eigenvalue weighted by Gasteiger charge is 2.40. The SMILES string of the molecule is CC(C)(C)OC(=O)N1CCC[C@@H]1[C@H](O)[C@H](c1ccc(C#N)cc1)c1cccc(F)c1. The number of hydrogen-bond acceptors (Lipinski definition) is 4. The number of carbonyl (C=O) groups excluding carboxylic acids is 1. The summed E-state index contributed by atoms with van der Waals surface area (Å²) in [5.41, 5.74) is 1.23. The second-order valence-corrected chi connectivity index (χ2v) is 8.64. The maximum atomic E-state index is 14.0. The molecule has 1 fully saturated rings. The molecule has 0 unspecified atom stereocenters. The molecule has 0 saturated carbocycles. The number of amides is 1. The van der Waals surface area contributed by atoms with Gasteiger partial charge >= 0.3 is 6.09 Å². The fourth-order valence-corrected chi connectivity index (χ4v) is 3.97. The van der Waals surface area contributed by atoms with Crippen molar-refractivity contribution in [1.29, 1.82) is 5.26 Å². The Morgan fingerprint density at radius 2 is 1.93 bits per heavy atom. The van der Waals surface area contributed by atoms with E-state index in [0.717, 1.165) is 12.0 Å². The van der Waals surface area contributed by atoms with Crippen molar-refractivity contribution >= 4 is 6.09 Å². The Balaban J connectivity index is 1.96. The molecule has 2 aromatic rings. The summed E-state index contributed by atoms with van der Waals surface area (Å²) < 4.78 is 19.5. The second kappa shape index (κ2) is 8.85. The van der Waals surface area contributed by atoms with Gasteiger partial charge in [-0.2, -0.15) is 5.26 Å². The Morgan fingerprint density at radius 3 is 2.53 bits per heavy atom. The van der Waals surface area contributed by atoms with Crippen LogP contribution in [0.25, 0.3) is 0 Å². The highest BCUT2D eigenvalue weighted by Crippen LogP contribution is 2.35. The minimum atomic E-state index is -0.963. The smallest absolute Gasteiger partial charge is 0.410 e. The largest absolute Gasteiger partial charge is 0.444 e. The molecule has 0 aliphatic carbocycles. The third-order valence-electron chi connectivity index (χ3n) is 5.27. The van der Waals surface area contributed by atoms with E-state index in [0.29, 0.717) is 24.1 Å². The van der Waals surface area contributed by atoms with Crippen LogP contribution >= 0.6 is 0 Å². The van der Waals surface area contributed by atoms with Crippen molar-refractivity contribution < 1.29 is 19.0 Å². The maximum absolute atomic E-state index is 14.0. The van der Waals surface area contributed by atoms with Crippen LogP contribution in [-0.2, 0) is 4.74 Å². The van der Waals surface area contributed by atoms with E-state index < -0.39 is 35.6 Å². The van der Waals surface area contributed by atoms with Crippen molar-refractivity contribution in [2.75, 3.05) is 6.54 Å². The molecule has 1 aliphatic rings. The monoisotopic (exact) mass is 410 g/mol. The van der Waals surface area contributed by atoms with Crippen LogP contribution in [0.5, 0.6) is 0 Å². The fraction of sp³-hybridized carbons (Fsp3) is 0.417. The first-order chi connectivity index (χ1) is 14.2. The average Bonchev–Trinajstić information content (AvgIpc) is 3.17. The van der Waals surface area contributed by atoms with Crippen LogP contribution in [0.4, 0.5) is 9.18 Å². The van der Waals surface area contributed by atoms with Crippen LogP contribution in [0, 0.1) is 17.1 Å². The zero-order valence-electron chi connectivity index (χ0n) is 17.5. The standard InChI is InChI=1S/C24H27FN2O3/c1-24(2,3)30-23(29)27-13-5-8-20(27)22(28)21(18-6-4-7-19(25)14-18)17-11-9-16(15-26)10-12-17/h4,6-7,9-12,14,20-22,28H,5,8,13H2,1-3H3/t20-,21-,22+/m1/s1. The summed E-state index contributed by atoms with van der Waals surface area (Å²) in [6, 6.07) is 14.6. The third-order valence-corrected chi connectivity index (χ3v) is 5.27. The molecular weight excluding hydrogens is 383 g/mol. The molecule has 0 bridgehead atoms. The van der Waals surface area contributed by atoms with Crippen molar-refractivity contribution in [2.24, 2.45) is 0 Å². The van der Waals surface area contributed by atoms with Crippen LogP contribution in [0.2, 0.25) is 0 Å². The lowest BCUT2D eigenvalue weighted by molar-refractivity contribution is 0.00254. The number of aliphatic hydroxyl groups is 1. The molecule has 0 radical (unpaired) electrons. The molecule has 1 saturated heterocycles. The molecule has 1 N–H and O–H groups in total. The quantitative estimate of drug-likeness (QED) is 0.800. The number of aliphatic hydroxyl groups excluding tert-OH is 1. The minimum absolute atomic E-state index is 0.395. The van der Waals surface area contributed by atoms with Gasteiger partial charge < -0.3 is 14.7 Å². The highest BCUT2D eigenvalue weighted by atomic mass is 19.1. The predicted octanol–water partition coefficient (Wildman–Crippen LogP) is 4.59. The van der Waals surface area contributed by atoms with Gasteiger partial charge in [-0.25, -0.2) is 9.18 Å². The summed E-state index contributed by atoms with van der Waals surface area (Å²) >= 11 is 0. The Kier molecular flexibility index (Phi) is 6.42. The molecule has 5 nitrogen and oxygen atoms in total. The molecule has 1 heterocycles. The zero-order valence-corrected chi connectivity index (χ0v) is 17.5. The summed E-state index contributed by atoms with van der Waals surface area (Å²) in [4.78, 5) is 14.3. The number of rotatable bonds is 4. The van der Waals surface area contributed by atoms with Crippen LogP contribution < -0.4 is 0 Å². The van der Waals surface area contributed by atoms with Crippen molar-refractivity contribution in [3.8, 4) is 6.07 Å². The minimum Gasteiger partial charge on any atom is -0.444 e. The van der Waals surface area contributed by atoms with Gasteiger partial charge in [0.25, 0.3) is 0 Å². The third kappa shape index (κ3) is 4.98. The Hall–Kier alpha value is -2.91. The molecule has 1 aliphatic heterocycles. The van der Waals surface area contributed by atoms with Crippen molar-refractivity contribution in [1.82, 2.24) is 4.90 Å². The van der Waals surface area contributed by atoms with E-state index in [1.807, 2.05) is 0 Å². The molecule has 158 valence electrons. The van der Waals surface area contributed by atoms with Gasteiger partial charge in [0, 0.05) is 12.5 Å². The molecule has 1 amide bonds. The number of ether oxygens (including phenoxy) is 1. The van der Waals surface area contributed by atoms with E-state index in [2.05, 4.69) is 6.07 Å². The lowest BCUT2D eigenvalue weighted by atomic mass is 9.82. The molecule has 0 spiro atoms. The predicted molar refractivity (Wildman–Crippen MR) is 111 cm³/mol. The number of likely N-dealkylation sites (tertiary alicyclic amines) is 1. The lowest BCUT2D eigenvalue weighted by Gasteiger charge is -2.35. The van der Waals surface area contributed by atoms with E-state index in [-0.39, 0.29) is 0 Å². The summed E-state index contributed by atoms with van der Waals surface area (Å²) in [5, 5.41) is 20.5. The molecule has 6 heteroatoms. The summed E-state index contributed by atoms with van der Waals surface area (Å²) in [6.07, 6.45) is -0.0381. The van der Waals surface area contributed by atoms with Gasteiger partial charge in [0.05, 0.1) is 23.8 Å². The van der Waals surface area contributed by atoms with Crippen molar-refractivity contribution in [3.05, 3.63) is 71.0 Å². The summed E-state index contributed by atoms with van der Waals surface area (Å²) in [6.45, 7) is 5.91. The van der Waals surface area contributed by atoms with E-state index in [9.17, 15) is 14.3 Å². The summed E-state index contributed by atoms with van der Waals surface area (Å²) in [5.74, 6) is -0.949. The van der Waals surface area contributed by atoms with Gasteiger partial charge in [-0.1, -0.05) is 24.3 Å². The van der Waals surface area contributed by atoms with Gasteiger partial charge in [0.1, 0.15) is 11.4 Å². The average molecular weight is 410 g/mol. The number of carbonyl (C=O) groups is 1. The first kappa shape index (κ1) is 21.8. The normalized spacial score (nSPS) is 18.5. The van der Waals surface area contributed by atoms with Gasteiger partial charge in [-0.3, -0.25) is 0 Å². The Bertz CT molecular complexity index is 931. The highest BCUT2D eigenvalue weighted by molar-refractivity contribution is 5.69. The van der Waals surface area contributed by atoms with Crippen molar-refractivity contribution in [2.45, 2.75) is 57.3 Å². The van der Waals surface area contributed by atoms with Gasteiger partial charge in [0.15, 0.2) is 0 Å². The number of nitrogens with zero attached hydrogens (tertiary/aromatic N) is 2. The molecule has 30 heavy (non-hydrogen) atoms. The number of hydrogen-bond donors (Lipinski definition) is 1. The summed E-state index contributed by atoms with van der Waals surface area (Å²) in [7, 11) is 0. The topological polar surface area (TPSA) is 73.6 Å². The van der Waals surface area contributed by atoms with Crippen LogP contribution in [0.15, 0.2) is 48.5 Å². The molecular formula is C24H27FN2O3. The number of benzene rings is 2. The van der Waals surface area contributed by atoms with Gasteiger partial charge in [0.2, 0.25) is 0 Å². The first-order valence-electron chi connectivity index (χ1n) is 10.1. The zero-order chi connectivity index (χ0) is 21.9. The molecule has 0 aromatic heterocycles. The fourth-order valence-electron chi connectivity index (χ4n) is 3.97. The maximum Gasteiger partial charge on any atom is 0.410 e. The molecule has 3 atom stereocenters. The Labute approximate surface area is 176 Å². The first-order valence-corrected chi connectivity index (χ1v) is 10.1. The van der Waals surface area contributed by atoms with E-state index in [4.69, 9.17) is 10.00 Å². The van der Waals surface area contributed by atoms with Gasteiger partial charge in [-0.15, -0.1) is 0 Å².